The standard InChI is InChI=1S/C16H13BrFNO2/c1-2-8-21-13-5-3-4-11(9-13)16(20)19-15-7-6-12(17)10-14(15)18/h2-7,9-10H,1,8H2,(H,19,20). The molecule has 1 amide bonds. The Kier molecular flexibility index (Phi) is 5.11. The van der Waals surface area contributed by atoms with E-state index in [1.54, 1.807) is 36.4 Å². The summed E-state index contributed by atoms with van der Waals surface area (Å²) < 4.78 is 19.7. The number of rotatable bonds is 5. The molecule has 0 radical (unpaired) electrons. The Balaban J connectivity index is 2.14. The van der Waals surface area contributed by atoms with E-state index >= 15 is 0 Å². The van der Waals surface area contributed by atoms with Crippen LogP contribution in [0.4, 0.5) is 10.1 Å². The van der Waals surface area contributed by atoms with Crippen molar-refractivity contribution in [3.8, 4) is 5.75 Å². The Bertz CT molecular complexity index is 673. The first-order valence-electron chi connectivity index (χ1n) is 6.20. The first-order chi connectivity index (χ1) is 10.1. The molecule has 0 aliphatic rings. The molecule has 0 heterocycles. The maximum absolute atomic E-state index is 13.7. The zero-order valence-electron chi connectivity index (χ0n) is 11.1. The van der Waals surface area contributed by atoms with Gasteiger partial charge in [0.25, 0.3) is 5.91 Å². The molecule has 0 bridgehead atoms. The summed E-state index contributed by atoms with van der Waals surface area (Å²) in [6.45, 7) is 3.91. The zero-order chi connectivity index (χ0) is 15.2. The normalized spacial score (nSPS) is 10.0. The number of hydrogen-bond donors (Lipinski definition) is 1. The molecule has 0 unspecified atom stereocenters. The number of hydrogen-bond acceptors (Lipinski definition) is 2. The lowest BCUT2D eigenvalue weighted by Crippen LogP contribution is -2.13. The monoisotopic (exact) mass is 349 g/mol. The average Bonchev–Trinajstić information content (AvgIpc) is 2.48. The number of anilines is 1. The van der Waals surface area contributed by atoms with E-state index < -0.39 is 11.7 Å². The highest BCUT2D eigenvalue weighted by atomic mass is 79.9. The largest absolute Gasteiger partial charge is 0.490 e. The van der Waals surface area contributed by atoms with Gasteiger partial charge in [-0.3, -0.25) is 4.79 Å². The van der Waals surface area contributed by atoms with Crippen LogP contribution in [-0.2, 0) is 0 Å². The van der Waals surface area contributed by atoms with Crippen LogP contribution in [0.1, 0.15) is 10.4 Å². The van der Waals surface area contributed by atoms with Gasteiger partial charge in [-0.05, 0) is 36.4 Å². The summed E-state index contributed by atoms with van der Waals surface area (Å²) in [4.78, 5) is 12.1. The maximum atomic E-state index is 13.7. The molecule has 2 aromatic rings. The van der Waals surface area contributed by atoms with Crippen molar-refractivity contribution in [1.82, 2.24) is 0 Å². The minimum absolute atomic E-state index is 0.126. The summed E-state index contributed by atoms with van der Waals surface area (Å²) >= 11 is 3.16. The molecular weight excluding hydrogens is 337 g/mol. The molecule has 21 heavy (non-hydrogen) atoms. The Morgan fingerprint density at radius 1 is 1.33 bits per heavy atom. The Morgan fingerprint density at radius 3 is 2.86 bits per heavy atom. The summed E-state index contributed by atoms with van der Waals surface area (Å²) in [5.74, 6) is -0.351. The van der Waals surface area contributed by atoms with E-state index in [2.05, 4.69) is 27.8 Å². The van der Waals surface area contributed by atoms with Gasteiger partial charge in [0.2, 0.25) is 0 Å². The van der Waals surface area contributed by atoms with E-state index in [0.29, 0.717) is 22.4 Å². The fourth-order valence-corrected chi connectivity index (χ4v) is 2.00. The van der Waals surface area contributed by atoms with Crippen molar-refractivity contribution in [2.24, 2.45) is 0 Å². The van der Waals surface area contributed by atoms with Crippen LogP contribution in [0.15, 0.2) is 59.6 Å². The van der Waals surface area contributed by atoms with Crippen molar-refractivity contribution in [2.75, 3.05) is 11.9 Å². The molecule has 1 N–H and O–H groups in total. The molecule has 2 rings (SSSR count). The van der Waals surface area contributed by atoms with E-state index in [0.717, 1.165) is 0 Å². The molecule has 0 atom stereocenters. The molecule has 0 saturated carbocycles. The predicted octanol–water partition coefficient (Wildman–Crippen LogP) is 4.41. The highest BCUT2D eigenvalue weighted by Gasteiger charge is 2.10. The number of halogens is 2. The van der Waals surface area contributed by atoms with Crippen molar-refractivity contribution >= 4 is 27.5 Å². The van der Waals surface area contributed by atoms with Gasteiger partial charge >= 0.3 is 0 Å². The van der Waals surface area contributed by atoms with Crippen LogP contribution in [0.2, 0.25) is 0 Å². The minimum Gasteiger partial charge on any atom is -0.490 e. The summed E-state index contributed by atoms with van der Waals surface area (Å²) in [5, 5.41) is 2.53. The van der Waals surface area contributed by atoms with Gasteiger partial charge in [0, 0.05) is 10.0 Å². The van der Waals surface area contributed by atoms with Gasteiger partial charge in [-0.1, -0.05) is 34.7 Å². The molecule has 5 heteroatoms. The lowest BCUT2D eigenvalue weighted by molar-refractivity contribution is 0.102. The number of benzene rings is 2. The molecule has 0 spiro atoms. The number of ether oxygens (including phenoxy) is 1. The molecule has 0 fully saturated rings. The first-order valence-corrected chi connectivity index (χ1v) is 6.99. The highest BCUT2D eigenvalue weighted by molar-refractivity contribution is 9.10. The average molecular weight is 350 g/mol. The second-order valence-corrected chi connectivity index (χ2v) is 5.12. The number of carbonyl (C=O) groups excluding carboxylic acids is 1. The van der Waals surface area contributed by atoms with Crippen molar-refractivity contribution in [3.63, 3.8) is 0 Å². The molecule has 0 aromatic heterocycles. The van der Waals surface area contributed by atoms with Crippen LogP contribution in [0.25, 0.3) is 0 Å². The zero-order valence-corrected chi connectivity index (χ0v) is 12.7. The second kappa shape index (κ2) is 7.04. The number of nitrogens with one attached hydrogen (secondary N) is 1. The van der Waals surface area contributed by atoms with Crippen molar-refractivity contribution < 1.29 is 13.9 Å². The SMILES string of the molecule is C=CCOc1cccc(C(=O)Nc2ccc(Br)cc2F)c1. The van der Waals surface area contributed by atoms with Gasteiger partial charge in [0.15, 0.2) is 0 Å². The van der Waals surface area contributed by atoms with Crippen LogP contribution in [0.3, 0.4) is 0 Å². The molecular formula is C16H13BrFNO2. The fourth-order valence-electron chi connectivity index (χ4n) is 1.67. The van der Waals surface area contributed by atoms with E-state index in [4.69, 9.17) is 4.74 Å². The Hall–Kier alpha value is -2.14. The summed E-state index contributed by atoms with van der Waals surface area (Å²) in [6.07, 6.45) is 1.62. The maximum Gasteiger partial charge on any atom is 0.255 e. The quantitative estimate of drug-likeness (QED) is 0.812. The van der Waals surface area contributed by atoms with Gasteiger partial charge in [-0.15, -0.1) is 0 Å². The van der Waals surface area contributed by atoms with Gasteiger partial charge in [-0.2, -0.15) is 0 Å². The number of amides is 1. The molecule has 3 nitrogen and oxygen atoms in total. The van der Waals surface area contributed by atoms with E-state index in [1.165, 1.54) is 12.1 Å². The van der Waals surface area contributed by atoms with E-state index in [-0.39, 0.29) is 5.69 Å². The lowest BCUT2D eigenvalue weighted by Gasteiger charge is -2.08. The second-order valence-electron chi connectivity index (χ2n) is 4.21. The van der Waals surface area contributed by atoms with E-state index in [1.807, 2.05) is 0 Å². The fraction of sp³-hybridized carbons (Fsp3) is 0.0625. The van der Waals surface area contributed by atoms with Gasteiger partial charge in [0.05, 0.1) is 5.69 Å². The highest BCUT2D eigenvalue weighted by Crippen LogP contribution is 2.21. The van der Waals surface area contributed by atoms with Crippen molar-refractivity contribution in [2.45, 2.75) is 0 Å². The predicted molar refractivity (Wildman–Crippen MR) is 84.2 cm³/mol. The van der Waals surface area contributed by atoms with Crippen LogP contribution in [-0.4, -0.2) is 12.5 Å². The molecule has 0 aliphatic carbocycles. The first kappa shape index (κ1) is 15.3. The van der Waals surface area contributed by atoms with Crippen LogP contribution >= 0.6 is 15.9 Å². The third kappa shape index (κ3) is 4.16. The Morgan fingerprint density at radius 2 is 2.14 bits per heavy atom. The third-order valence-electron chi connectivity index (χ3n) is 2.64. The lowest BCUT2D eigenvalue weighted by atomic mass is 10.2. The minimum atomic E-state index is -0.503. The van der Waals surface area contributed by atoms with Crippen molar-refractivity contribution in [3.05, 3.63) is 71.0 Å². The van der Waals surface area contributed by atoms with Crippen LogP contribution < -0.4 is 10.1 Å². The molecule has 0 saturated heterocycles. The summed E-state index contributed by atoms with van der Waals surface area (Å²) in [7, 11) is 0. The van der Waals surface area contributed by atoms with Gasteiger partial charge in [0.1, 0.15) is 18.2 Å². The summed E-state index contributed by atoms with van der Waals surface area (Å²) in [6, 6.07) is 11.1. The smallest absolute Gasteiger partial charge is 0.255 e. The Labute approximate surface area is 130 Å². The molecule has 0 aliphatic heterocycles. The topological polar surface area (TPSA) is 38.3 Å². The van der Waals surface area contributed by atoms with E-state index in [9.17, 15) is 9.18 Å². The van der Waals surface area contributed by atoms with Gasteiger partial charge < -0.3 is 10.1 Å². The third-order valence-corrected chi connectivity index (χ3v) is 3.14. The van der Waals surface area contributed by atoms with Crippen molar-refractivity contribution in [1.29, 1.82) is 0 Å². The van der Waals surface area contributed by atoms with Gasteiger partial charge in [-0.25, -0.2) is 4.39 Å². The van der Waals surface area contributed by atoms with Crippen LogP contribution in [0, 0.1) is 5.82 Å². The molecule has 108 valence electrons. The summed E-state index contributed by atoms with van der Waals surface area (Å²) in [5.41, 5.74) is 0.513. The molecule has 2 aromatic carbocycles. The number of carbonyl (C=O) groups is 1. The van der Waals surface area contributed by atoms with Crippen LogP contribution in [0.5, 0.6) is 5.75 Å².